The quantitative estimate of drug-likeness (QED) is 0.576. The van der Waals surface area contributed by atoms with Crippen LogP contribution in [-0.2, 0) is 17.1 Å². The first kappa shape index (κ1) is 17.7. The molecule has 0 spiro atoms. The van der Waals surface area contributed by atoms with E-state index in [2.05, 4.69) is 15.4 Å². The Labute approximate surface area is 152 Å². The van der Waals surface area contributed by atoms with Gasteiger partial charge in [0.05, 0.1) is 19.4 Å². The van der Waals surface area contributed by atoms with E-state index in [1.807, 2.05) is 0 Å². The Morgan fingerprint density at radius 3 is 2.89 bits per heavy atom. The second-order valence-electron chi connectivity index (χ2n) is 6.62. The number of rotatable bonds is 4. The molecule has 1 fully saturated rings. The summed E-state index contributed by atoms with van der Waals surface area (Å²) in [5, 5.41) is 27.5. The molecule has 2 aromatic rings. The monoisotopic (exact) mass is 381 g/mol. The SMILES string of the molecule is O=C(NC1(CO)CCO1)c1nn(-c2c[n+]([O-])ccn2)c2c1CCCC2(F)F. The zero-order chi connectivity index (χ0) is 19.2. The van der Waals surface area contributed by atoms with Crippen molar-refractivity contribution in [3.63, 3.8) is 0 Å². The Balaban J connectivity index is 1.80. The van der Waals surface area contributed by atoms with Crippen LogP contribution in [0.1, 0.15) is 41.0 Å². The van der Waals surface area contributed by atoms with Gasteiger partial charge < -0.3 is 20.4 Å². The Morgan fingerprint density at radius 2 is 2.26 bits per heavy atom. The van der Waals surface area contributed by atoms with Gasteiger partial charge in [-0.05, 0) is 12.8 Å². The minimum atomic E-state index is -3.22. The summed E-state index contributed by atoms with van der Waals surface area (Å²) in [6.07, 6.45) is 3.74. The van der Waals surface area contributed by atoms with Gasteiger partial charge in [0.2, 0.25) is 12.0 Å². The molecule has 27 heavy (non-hydrogen) atoms. The van der Waals surface area contributed by atoms with Gasteiger partial charge >= 0.3 is 0 Å². The Bertz CT molecular complexity index is 891. The molecule has 3 heterocycles. The first-order valence-corrected chi connectivity index (χ1v) is 8.48. The van der Waals surface area contributed by atoms with Crippen LogP contribution in [0.4, 0.5) is 8.78 Å². The number of hydrogen-bond acceptors (Lipinski definition) is 6. The Hall–Kier alpha value is -2.66. The Morgan fingerprint density at radius 1 is 1.48 bits per heavy atom. The third-order valence-electron chi connectivity index (χ3n) is 4.82. The minimum absolute atomic E-state index is 0.110. The molecule has 1 saturated heterocycles. The van der Waals surface area contributed by atoms with Crippen molar-refractivity contribution in [2.24, 2.45) is 0 Å². The summed E-state index contributed by atoms with van der Waals surface area (Å²) < 4.78 is 35.8. The predicted octanol–water partition coefficient (Wildman–Crippen LogP) is 0.167. The lowest BCUT2D eigenvalue weighted by Crippen LogP contribution is -2.60. The van der Waals surface area contributed by atoms with Crippen LogP contribution < -0.4 is 10.0 Å². The molecule has 144 valence electrons. The number of amides is 1. The molecule has 1 aliphatic carbocycles. The van der Waals surface area contributed by atoms with Gasteiger partial charge in [-0.3, -0.25) is 4.79 Å². The van der Waals surface area contributed by atoms with E-state index in [1.165, 1.54) is 6.20 Å². The molecule has 11 heteroatoms. The zero-order valence-corrected chi connectivity index (χ0v) is 14.2. The number of aromatic nitrogens is 4. The first-order chi connectivity index (χ1) is 12.9. The van der Waals surface area contributed by atoms with Crippen LogP contribution in [0.15, 0.2) is 18.6 Å². The van der Waals surface area contributed by atoms with Gasteiger partial charge in [0, 0.05) is 18.4 Å². The molecule has 0 bridgehead atoms. The van der Waals surface area contributed by atoms with Crippen molar-refractivity contribution < 1.29 is 28.1 Å². The average Bonchev–Trinajstić information content (AvgIpc) is 2.99. The van der Waals surface area contributed by atoms with Gasteiger partial charge in [-0.15, -0.1) is 0 Å². The zero-order valence-electron chi connectivity index (χ0n) is 14.2. The van der Waals surface area contributed by atoms with E-state index in [4.69, 9.17) is 4.74 Å². The van der Waals surface area contributed by atoms with Gasteiger partial charge in [0.25, 0.3) is 11.8 Å². The standard InChI is InChI=1S/C16H17F2N5O4/c17-16(18)3-1-2-10-12(14(25)20-15(9-24)4-7-27-15)21-23(13(10)16)11-8-22(26)6-5-19-11/h5-6,8,24H,1-4,7,9H2,(H,20,25). The second kappa shape index (κ2) is 6.20. The summed E-state index contributed by atoms with van der Waals surface area (Å²) in [7, 11) is 0. The third kappa shape index (κ3) is 2.92. The fourth-order valence-corrected chi connectivity index (χ4v) is 3.37. The van der Waals surface area contributed by atoms with Gasteiger partial charge in [-0.1, -0.05) is 0 Å². The third-order valence-corrected chi connectivity index (χ3v) is 4.82. The van der Waals surface area contributed by atoms with Gasteiger partial charge in [-0.2, -0.15) is 18.6 Å². The summed E-state index contributed by atoms with van der Waals surface area (Å²) in [6.45, 7) is -0.0584. The lowest BCUT2D eigenvalue weighted by atomic mass is 9.92. The van der Waals surface area contributed by atoms with Crippen LogP contribution >= 0.6 is 0 Å². The molecule has 0 saturated carbocycles. The number of aliphatic hydroxyl groups excluding tert-OH is 1. The van der Waals surface area contributed by atoms with Crippen LogP contribution in [0.5, 0.6) is 0 Å². The lowest BCUT2D eigenvalue weighted by molar-refractivity contribution is -0.605. The molecule has 4 rings (SSSR count). The maximum absolute atomic E-state index is 14.6. The number of carbonyl (C=O) groups excluding carboxylic acids is 1. The molecule has 1 unspecified atom stereocenters. The molecular weight excluding hydrogens is 364 g/mol. The number of fused-ring (bicyclic) bond motifs is 1. The molecule has 2 aliphatic rings. The molecule has 9 nitrogen and oxygen atoms in total. The molecule has 2 N–H and O–H groups in total. The highest BCUT2D eigenvalue weighted by Crippen LogP contribution is 2.42. The summed E-state index contributed by atoms with van der Waals surface area (Å²) in [5.41, 5.74) is -1.73. The van der Waals surface area contributed by atoms with E-state index in [9.17, 15) is 23.9 Å². The van der Waals surface area contributed by atoms with E-state index in [1.54, 1.807) is 0 Å². The summed E-state index contributed by atoms with van der Waals surface area (Å²) in [5.74, 6) is -4.05. The molecule has 1 atom stereocenters. The number of nitrogens with one attached hydrogen (secondary N) is 1. The van der Waals surface area contributed by atoms with Crippen molar-refractivity contribution in [3.05, 3.63) is 40.7 Å². The Kier molecular flexibility index (Phi) is 4.07. The molecule has 1 amide bonds. The van der Waals surface area contributed by atoms with Crippen LogP contribution in [0.25, 0.3) is 5.82 Å². The van der Waals surface area contributed by atoms with Gasteiger partial charge in [0.15, 0.2) is 17.6 Å². The first-order valence-electron chi connectivity index (χ1n) is 8.48. The van der Waals surface area contributed by atoms with Gasteiger partial charge in [0.1, 0.15) is 5.69 Å². The van der Waals surface area contributed by atoms with Crippen molar-refractivity contribution in [3.8, 4) is 5.82 Å². The maximum Gasteiger partial charge on any atom is 0.290 e. The van der Waals surface area contributed by atoms with Crippen molar-refractivity contribution in [1.82, 2.24) is 20.1 Å². The van der Waals surface area contributed by atoms with E-state index >= 15 is 0 Å². The highest BCUT2D eigenvalue weighted by molar-refractivity contribution is 5.94. The summed E-state index contributed by atoms with van der Waals surface area (Å²) in [4.78, 5) is 16.6. The maximum atomic E-state index is 14.6. The fraction of sp³-hybridized carbons (Fsp3) is 0.500. The normalized spacial score (nSPS) is 23.4. The van der Waals surface area contributed by atoms with Crippen LogP contribution in [0.2, 0.25) is 0 Å². The largest absolute Gasteiger partial charge is 0.619 e. The molecule has 2 aromatic heterocycles. The van der Waals surface area contributed by atoms with Crippen LogP contribution in [0.3, 0.4) is 0 Å². The van der Waals surface area contributed by atoms with E-state index < -0.39 is 29.9 Å². The highest BCUT2D eigenvalue weighted by Gasteiger charge is 2.46. The molecule has 1 aliphatic heterocycles. The topological polar surface area (TPSA) is 116 Å². The van der Waals surface area contributed by atoms with E-state index in [0.29, 0.717) is 17.8 Å². The number of nitrogens with zero attached hydrogens (tertiary/aromatic N) is 4. The number of carbonyl (C=O) groups is 1. The minimum Gasteiger partial charge on any atom is -0.619 e. The van der Waals surface area contributed by atoms with Crippen molar-refractivity contribution in [2.45, 2.75) is 37.3 Å². The highest BCUT2D eigenvalue weighted by atomic mass is 19.3. The van der Waals surface area contributed by atoms with Crippen molar-refractivity contribution in [2.75, 3.05) is 13.2 Å². The van der Waals surface area contributed by atoms with Crippen LogP contribution in [0, 0.1) is 5.21 Å². The second-order valence-corrected chi connectivity index (χ2v) is 6.62. The summed E-state index contributed by atoms with van der Waals surface area (Å²) >= 11 is 0. The predicted molar refractivity (Wildman–Crippen MR) is 85.0 cm³/mol. The van der Waals surface area contributed by atoms with Crippen molar-refractivity contribution in [1.29, 1.82) is 0 Å². The fourth-order valence-electron chi connectivity index (χ4n) is 3.37. The number of ether oxygens (including phenoxy) is 1. The molecular formula is C16H17F2N5O4. The number of alkyl halides is 2. The van der Waals surface area contributed by atoms with Gasteiger partial charge in [-0.25, -0.2) is 9.67 Å². The average molecular weight is 381 g/mol. The smallest absolute Gasteiger partial charge is 0.290 e. The van der Waals surface area contributed by atoms with Crippen LogP contribution in [-0.4, -0.2) is 44.7 Å². The van der Waals surface area contributed by atoms with E-state index in [0.717, 1.165) is 17.1 Å². The van der Waals surface area contributed by atoms with E-state index in [-0.39, 0.29) is 36.3 Å². The lowest BCUT2D eigenvalue weighted by Gasteiger charge is -2.40. The molecule has 0 aromatic carbocycles. The number of halogens is 2. The van der Waals surface area contributed by atoms with Crippen molar-refractivity contribution >= 4 is 5.91 Å². The summed E-state index contributed by atoms with van der Waals surface area (Å²) in [6, 6.07) is 0. The number of aliphatic hydroxyl groups is 1. The molecule has 0 radical (unpaired) electrons. The number of hydrogen-bond donors (Lipinski definition) is 2.